The maximum atomic E-state index is 11.0. The summed E-state index contributed by atoms with van der Waals surface area (Å²) in [5.74, 6) is -2.32. The molecule has 15 heavy (non-hydrogen) atoms. The molecular formula is C8H13NO6. The van der Waals surface area contributed by atoms with E-state index >= 15 is 0 Å². The van der Waals surface area contributed by atoms with Crippen molar-refractivity contribution in [3.63, 3.8) is 0 Å². The van der Waals surface area contributed by atoms with Gasteiger partial charge in [-0.3, -0.25) is 4.79 Å². The quantitative estimate of drug-likeness (QED) is 0.542. The van der Waals surface area contributed by atoms with E-state index in [1.54, 1.807) is 0 Å². The van der Waals surface area contributed by atoms with Crippen LogP contribution in [0.3, 0.4) is 0 Å². The van der Waals surface area contributed by atoms with Gasteiger partial charge in [0, 0.05) is 0 Å². The Morgan fingerprint density at radius 2 is 1.93 bits per heavy atom. The van der Waals surface area contributed by atoms with E-state index < -0.39 is 37.1 Å². The molecule has 0 fully saturated rings. The first-order chi connectivity index (χ1) is 6.97. The number of nitrogens with one attached hydrogen (secondary N) is 1. The number of carboxylic acids is 1. The maximum Gasteiger partial charge on any atom is 0.329 e. The van der Waals surface area contributed by atoms with Crippen LogP contribution in [-0.4, -0.2) is 49.3 Å². The molecule has 0 aliphatic rings. The van der Waals surface area contributed by atoms with E-state index in [0.717, 1.165) is 0 Å². The van der Waals surface area contributed by atoms with Gasteiger partial charge >= 0.3 is 11.9 Å². The normalized spacial score (nSPS) is 11.6. The number of aliphatic carboxylic acids is 1. The van der Waals surface area contributed by atoms with Crippen LogP contribution in [0.5, 0.6) is 0 Å². The van der Waals surface area contributed by atoms with Crippen LogP contribution >= 0.6 is 0 Å². The summed E-state index contributed by atoms with van der Waals surface area (Å²) in [6.07, 6.45) is 0. The average molecular weight is 219 g/mol. The Labute approximate surface area is 86.3 Å². The highest BCUT2D eigenvalue weighted by molar-refractivity contribution is 5.84. The third-order valence-corrected chi connectivity index (χ3v) is 1.39. The van der Waals surface area contributed by atoms with Crippen LogP contribution < -0.4 is 5.32 Å². The first-order valence-corrected chi connectivity index (χ1v) is 4.14. The lowest BCUT2D eigenvalue weighted by atomic mass is 10.3. The number of hydrogen-bond acceptors (Lipinski definition) is 5. The predicted octanol–water partition coefficient (Wildman–Crippen LogP) is -1.23. The number of ether oxygens (including phenoxy) is 2. The Balaban J connectivity index is 3.74. The van der Waals surface area contributed by atoms with Crippen molar-refractivity contribution in [1.29, 1.82) is 0 Å². The molecule has 0 spiro atoms. The number of rotatable bonds is 6. The molecule has 0 aromatic rings. The molecule has 2 N–H and O–H groups in total. The number of amides is 1. The van der Waals surface area contributed by atoms with E-state index in [-0.39, 0.29) is 0 Å². The van der Waals surface area contributed by atoms with Crippen molar-refractivity contribution in [2.75, 3.05) is 20.3 Å². The molecular weight excluding hydrogens is 206 g/mol. The van der Waals surface area contributed by atoms with Crippen LogP contribution in [0.1, 0.15) is 6.92 Å². The Bertz CT molecular complexity index is 252. The Morgan fingerprint density at radius 1 is 1.33 bits per heavy atom. The number of carboxylic acid groups (broad SMARTS) is 1. The van der Waals surface area contributed by atoms with Gasteiger partial charge < -0.3 is 19.9 Å². The van der Waals surface area contributed by atoms with Gasteiger partial charge in [-0.2, -0.15) is 0 Å². The van der Waals surface area contributed by atoms with Crippen molar-refractivity contribution in [1.82, 2.24) is 5.32 Å². The molecule has 0 aromatic carbocycles. The molecule has 0 bridgehead atoms. The number of esters is 1. The molecule has 0 aliphatic carbocycles. The van der Waals surface area contributed by atoms with E-state index in [0.29, 0.717) is 0 Å². The van der Waals surface area contributed by atoms with Gasteiger partial charge in [-0.15, -0.1) is 0 Å². The van der Waals surface area contributed by atoms with Gasteiger partial charge in [-0.1, -0.05) is 0 Å². The van der Waals surface area contributed by atoms with Crippen LogP contribution in [0, 0.1) is 0 Å². The second kappa shape index (κ2) is 6.77. The van der Waals surface area contributed by atoms with Gasteiger partial charge in [0.25, 0.3) is 0 Å². The zero-order chi connectivity index (χ0) is 11.8. The minimum absolute atomic E-state index is 0.409. The summed E-state index contributed by atoms with van der Waals surface area (Å²) in [4.78, 5) is 31.9. The number of carbonyl (C=O) groups excluding carboxylic acids is 2. The summed E-state index contributed by atoms with van der Waals surface area (Å²) in [6, 6.07) is -0.782. The summed E-state index contributed by atoms with van der Waals surface area (Å²) in [5.41, 5.74) is 0. The largest absolute Gasteiger partial charge is 0.480 e. The van der Waals surface area contributed by atoms with Crippen LogP contribution in [0.15, 0.2) is 0 Å². The summed E-state index contributed by atoms with van der Waals surface area (Å²) in [7, 11) is 1.20. The molecule has 0 radical (unpaired) electrons. The molecule has 0 saturated carbocycles. The van der Waals surface area contributed by atoms with Crippen LogP contribution in [0.2, 0.25) is 0 Å². The van der Waals surface area contributed by atoms with Crippen LogP contribution in [0.25, 0.3) is 0 Å². The average Bonchev–Trinajstić information content (AvgIpc) is 2.15. The van der Waals surface area contributed by atoms with Crippen molar-refractivity contribution in [2.24, 2.45) is 0 Å². The lowest BCUT2D eigenvalue weighted by molar-refractivity contribution is -0.147. The summed E-state index contributed by atoms with van der Waals surface area (Å²) < 4.78 is 8.87. The summed E-state index contributed by atoms with van der Waals surface area (Å²) in [6.45, 7) is 0.481. The monoisotopic (exact) mass is 219 g/mol. The van der Waals surface area contributed by atoms with E-state index in [1.807, 2.05) is 0 Å². The van der Waals surface area contributed by atoms with Gasteiger partial charge in [0.1, 0.15) is 19.3 Å². The van der Waals surface area contributed by atoms with Crippen molar-refractivity contribution in [2.45, 2.75) is 13.0 Å². The van der Waals surface area contributed by atoms with Gasteiger partial charge in [0.15, 0.2) is 0 Å². The van der Waals surface area contributed by atoms with E-state index in [4.69, 9.17) is 5.11 Å². The lowest BCUT2D eigenvalue weighted by Gasteiger charge is -2.10. The second-order valence-corrected chi connectivity index (χ2v) is 2.70. The Kier molecular flexibility index (Phi) is 6.03. The molecule has 7 heteroatoms. The fourth-order valence-electron chi connectivity index (χ4n) is 0.750. The number of methoxy groups -OCH3 is 1. The third kappa shape index (κ3) is 6.44. The van der Waals surface area contributed by atoms with Gasteiger partial charge in [0.05, 0.1) is 7.11 Å². The van der Waals surface area contributed by atoms with Crippen LogP contribution in [-0.2, 0) is 23.9 Å². The molecule has 86 valence electrons. The molecule has 0 unspecified atom stereocenters. The highest BCUT2D eigenvalue weighted by atomic mass is 16.5. The van der Waals surface area contributed by atoms with Crippen molar-refractivity contribution in [3.8, 4) is 0 Å². The van der Waals surface area contributed by atoms with Gasteiger partial charge in [-0.05, 0) is 6.92 Å². The van der Waals surface area contributed by atoms with Crippen molar-refractivity contribution < 1.29 is 29.0 Å². The molecule has 0 aliphatic heterocycles. The fourth-order valence-corrected chi connectivity index (χ4v) is 0.750. The molecule has 0 aromatic heterocycles. The van der Waals surface area contributed by atoms with Crippen LogP contribution in [0.4, 0.5) is 0 Å². The zero-order valence-electron chi connectivity index (χ0n) is 8.48. The highest BCUT2D eigenvalue weighted by Crippen LogP contribution is 1.86. The van der Waals surface area contributed by atoms with E-state index in [2.05, 4.69) is 14.8 Å². The van der Waals surface area contributed by atoms with Gasteiger partial charge in [-0.25, -0.2) is 9.59 Å². The molecule has 1 amide bonds. The van der Waals surface area contributed by atoms with Crippen molar-refractivity contribution >= 4 is 17.8 Å². The topological polar surface area (TPSA) is 102 Å². The summed E-state index contributed by atoms with van der Waals surface area (Å²) in [5, 5.41) is 10.5. The Morgan fingerprint density at radius 3 is 2.40 bits per heavy atom. The summed E-state index contributed by atoms with van der Waals surface area (Å²) >= 11 is 0. The molecule has 0 saturated heterocycles. The standard InChI is InChI=1S/C8H13NO6/c1-5(8(13)14-2)9-6(10)3-15-4-7(11)12/h5H,3-4H2,1-2H3,(H,9,10)(H,11,12)/t5-/m0/s1. The number of carbonyl (C=O) groups is 3. The third-order valence-electron chi connectivity index (χ3n) is 1.39. The molecule has 7 nitrogen and oxygen atoms in total. The minimum Gasteiger partial charge on any atom is -0.480 e. The van der Waals surface area contributed by atoms with Crippen molar-refractivity contribution in [3.05, 3.63) is 0 Å². The minimum atomic E-state index is -1.16. The number of hydrogen-bond donors (Lipinski definition) is 2. The maximum absolute atomic E-state index is 11.0. The SMILES string of the molecule is COC(=O)[C@H](C)NC(=O)COCC(=O)O. The smallest absolute Gasteiger partial charge is 0.329 e. The first-order valence-electron chi connectivity index (χ1n) is 4.14. The molecule has 0 heterocycles. The Hall–Kier alpha value is -1.63. The first kappa shape index (κ1) is 13.4. The molecule has 1 atom stereocenters. The fraction of sp³-hybridized carbons (Fsp3) is 0.625. The highest BCUT2D eigenvalue weighted by Gasteiger charge is 2.15. The molecule has 0 rings (SSSR count). The predicted molar refractivity (Wildman–Crippen MR) is 48.1 cm³/mol. The lowest BCUT2D eigenvalue weighted by Crippen LogP contribution is -2.41. The van der Waals surface area contributed by atoms with E-state index in [9.17, 15) is 14.4 Å². The zero-order valence-corrected chi connectivity index (χ0v) is 8.48. The van der Waals surface area contributed by atoms with E-state index in [1.165, 1.54) is 14.0 Å². The second-order valence-electron chi connectivity index (χ2n) is 2.70. The van der Waals surface area contributed by atoms with Gasteiger partial charge in [0.2, 0.25) is 5.91 Å².